The summed E-state index contributed by atoms with van der Waals surface area (Å²) in [7, 11) is 0. The number of carbonyl (C=O) groups excluding carboxylic acids is 1. The minimum absolute atomic E-state index is 0.00919. The van der Waals surface area contributed by atoms with Crippen molar-refractivity contribution in [3.63, 3.8) is 0 Å². The van der Waals surface area contributed by atoms with Gasteiger partial charge in [-0.05, 0) is 49.1 Å². The third-order valence-corrected chi connectivity index (χ3v) is 4.95. The molecule has 0 unspecified atom stereocenters. The number of amides is 1. The van der Waals surface area contributed by atoms with Crippen molar-refractivity contribution in [3.8, 4) is 0 Å². The van der Waals surface area contributed by atoms with E-state index in [0.29, 0.717) is 17.0 Å². The fraction of sp³-hybridized carbons (Fsp3) is 0.500. The number of H-pyrrole nitrogens is 1. The quantitative estimate of drug-likeness (QED) is 0.880. The molecule has 4 nitrogen and oxygen atoms in total. The van der Waals surface area contributed by atoms with Crippen molar-refractivity contribution >= 4 is 16.9 Å². The lowest BCUT2D eigenvalue weighted by Crippen LogP contribution is -2.55. The lowest BCUT2D eigenvalue weighted by Gasteiger charge is -2.57. The molecule has 2 saturated carbocycles. The van der Waals surface area contributed by atoms with Gasteiger partial charge in [-0.25, -0.2) is 4.98 Å². The summed E-state index contributed by atoms with van der Waals surface area (Å²) in [4.78, 5) is 19.7. The first-order valence-corrected chi connectivity index (χ1v) is 7.38. The number of carbonyl (C=O) groups is 1. The van der Waals surface area contributed by atoms with Crippen LogP contribution in [0.4, 0.5) is 0 Å². The number of hydrogen-bond donors (Lipinski definition) is 2. The number of hydrogen-bond acceptors (Lipinski definition) is 2. The predicted molar refractivity (Wildman–Crippen MR) is 77.4 cm³/mol. The Kier molecular flexibility index (Phi) is 2.43. The molecule has 2 N–H and O–H groups in total. The van der Waals surface area contributed by atoms with Gasteiger partial charge in [0.25, 0.3) is 5.91 Å². The molecular formula is C16H19N3O. The average Bonchev–Trinajstić information content (AvgIpc) is 2.82. The molecule has 4 heteroatoms. The third kappa shape index (κ3) is 1.74. The highest BCUT2D eigenvalue weighted by atomic mass is 16.1. The van der Waals surface area contributed by atoms with Gasteiger partial charge in [0.05, 0.1) is 17.4 Å². The SMILES string of the molecule is CC1CC2(C1)CC(NC(=O)c1cccc3[nH]cnc13)C2. The molecule has 2 aliphatic rings. The maximum atomic E-state index is 12.4. The topological polar surface area (TPSA) is 57.8 Å². The van der Waals surface area contributed by atoms with Crippen molar-refractivity contribution in [2.45, 2.75) is 38.6 Å². The van der Waals surface area contributed by atoms with Gasteiger partial charge in [0.1, 0.15) is 5.52 Å². The summed E-state index contributed by atoms with van der Waals surface area (Å²) in [5.41, 5.74) is 2.91. The van der Waals surface area contributed by atoms with Gasteiger partial charge in [-0.2, -0.15) is 0 Å². The molecule has 2 aromatic rings. The zero-order chi connectivity index (χ0) is 13.7. The number of para-hydroxylation sites is 1. The minimum Gasteiger partial charge on any atom is -0.349 e. The Morgan fingerprint density at radius 3 is 2.90 bits per heavy atom. The first-order chi connectivity index (χ1) is 9.65. The Morgan fingerprint density at radius 1 is 1.35 bits per heavy atom. The Hall–Kier alpha value is -1.84. The lowest BCUT2D eigenvalue weighted by atomic mass is 9.50. The van der Waals surface area contributed by atoms with Gasteiger partial charge in [-0.1, -0.05) is 13.0 Å². The maximum absolute atomic E-state index is 12.4. The molecule has 1 aromatic heterocycles. The number of benzene rings is 1. The van der Waals surface area contributed by atoms with Crippen molar-refractivity contribution in [1.82, 2.24) is 15.3 Å². The third-order valence-electron chi connectivity index (χ3n) is 4.95. The number of imidazole rings is 1. The van der Waals surface area contributed by atoms with Crippen LogP contribution < -0.4 is 5.32 Å². The van der Waals surface area contributed by atoms with Crippen molar-refractivity contribution in [2.24, 2.45) is 11.3 Å². The van der Waals surface area contributed by atoms with Crippen LogP contribution in [-0.4, -0.2) is 21.9 Å². The van der Waals surface area contributed by atoms with Crippen LogP contribution in [0.3, 0.4) is 0 Å². The van der Waals surface area contributed by atoms with Gasteiger partial charge in [-0.15, -0.1) is 0 Å². The molecule has 1 heterocycles. The summed E-state index contributed by atoms with van der Waals surface area (Å²) in [5, 5.41) is 3.16. The number of nitrogens with one attached hydrogen (secondary N) is 2. The smallest absolute Gasteiger partial charge is 0.253 e. The summed E-state index contributed by atoms with van der Waals surface area (Å²) in [6, 6.07) is 6.03. The van der Waals surface area contributed by atoms with Gasteiger partial charge in [0.15, 0.2) is 0 Å². The first kappa shape index (κ1) is 11.9. The number of nitrogens with zero attached hydrogens (tertiary/aromatic N) is 1. The van der Waals surface area contributed by atoms with E-state index in [2.05, 4.69) is 22.2 Å². The van der Waals surface area contributed by atoms with Crippen LogP contribution in [0.25, 0.3) is 11.0 Å². The zero-order valence-corrected chi connectivity index (χ0v) is 11.6. The average molecular weight is 269 g/mol. The van der Waals surface area contributed by atoms with E-state index in [1.165, 1.54) is 12.8 Å². The van der Waals surface area contributed by atoms with Crippen LogP contribution in [-0.2, 0) is 0 Å². The molecule has 1 aromatic carbocycles. The van der Waals surface area contributed by atoms with Crippen LogP contribution in [0.15, 0.2) is 24.5 Å². The van der Waals surface area contributed by atoms with Gasteiger partial charge < -0.3 is 10.3 Å². The van der Waals surface area contributed by atoms with Gasteiger partial charge in [0, 0.05) is 6.04 Å². The number of aromatic amines is 1. The second-order valence-corrected chi connectivity index (χ2v) is 6.70. The summed E-state index contributed by atoms with van der Waals surface area (Å²) >= 11 is 0. The van der Waals surface area contributed by atoms with E-state index in [1.54, 1.807) is 6.33 Å². The summed E-state index contributed by atoms with van der Waals surface area (Å²) in [6.07, 6.45) is 6.62. The zero-order valence-electron chi connectivity index (χ0n) is 11.6. The normalized spacial score (nSPS) is 31.9. The molecule has 104 valence electrons. The van der Waals surface area contributed by atoms with Gasteiger partial charge in [-0.3, -0.25) is 4.79 Å². The second-order valence-electron chi connectivity index (χ2n) is 6.70. The molecule has 1 amide bonds. The predicted octanol–water partition coefficient (Wildman–Crippen LogP) is 2.87. The monoisotopic (exact) mass is 269 g/mol. The minimum atomic E-state index is 0.00919. The summed E-state index contributed by atoms with van der Waals surface area (Å²) in [5.74, 6) is 0.888. The second kappa shape index (κ2) is 4.08. The molecular weight excluding hydrogens is 250 g/mol. The Balaban J connectivity index is 1.45. The fourth-order valence-corrected chi connectivity index (χ4v) is 4.25. The van der Waals surface area contributed by atoms with E-state index in [4.69, 9.17) is 0 Å². The molecule has 1 spiro atoms. The highest BCUT2D eigenvalue weighted by molar-refractivity contribution is 6.04. The van der Waals surface area contributed by atoms with Crippen LogP contribution in [0, 0.1) is 11.3 Å². The van der Waals surface area contributed by atoms with Crippen molar-refractivity contribution < 1.29 is 4.79 Å². The number of aromatic nitrogens is 2. The summed E-state index contributed by atoms with van der Waals surface area (Å²) in [6.45, 7) is 2.31. The molecule has 2 fully saturated rings. The molecule has 4 rings (SSSR count). The highest BCUT2D eigenvalue weighted by Gasteiger charge is 2.51. The molecule has 2 aliphatic carbocycles. The van der Waals surface area contributed by atoms with E-state index >= 15 is 0 Å². The molecule has 0 saturated heterocycles. The lowest BCUT2D eigenvalue weighted by molar-refractivity contribution is -0.0399. The largest absolute Gasteiger partial charge is 0.349 e. The standard InChI is InChI=1S/C16H19N3O/c1-10-5-16(6-10)7-11(8-16)19-15(20)12-3-2-4-13-14(12)18-9-17-13/h2-4,9-11H,5-8H2,1H3,(H,17,18)(H,19,20). The van der Waals surface area contributed by atoms with Crippen molar-refractivity contribution in [1.29, 1.82) is 0 Å². The number of fused-ring (bicyclic) bond motifs is 1. The van der Waals surface area contributed by atoms with E-state index < -0.39 is 0 Å². The molecule has 0 bridgehead atoms. The van der Waals surface area contributed by atoms with Crippen LogP contribution in [0.5, 0.6) is 0 Å². The van der Waals surface area contributed by atoms with E-state index in [1.807, 2.05) is 18.2 Å². The first-order valence-electron chi connectivity index (χ1n) is 7.38. The van der Waals surface area contributed by atoms with Crippen LogP contribution >= 0.6 is 0 Å². The Bertz CT molecular complexity index is 661. The molecule has 0 radical (unpaired) electrons. The molecule has 20 heavy (non-hydrogen) atoms. The Labute approximate surface area is 118 Å². The van der Waals surface area contributed by atoms with E-state index in [-0.39, 0.29) is 5.91 Å². The fourth-order valence-electron chi connectivity index (χ4n) is 4.25. The number of rotatable bonds is 2. The van der Waals surface area contributed by atoms with E-state index in [9.17, 15) is 4.79 Å². The Morgan fingerprint density at radius 2 is 2.15 bits per heavy atom. The van der Waals surface area contributed by atoms with Gasteiger partial charge in [0.2, 0.25) is 0 Å². The maximum Gasteiger partial charge on any atom is 0.253 e. The highest BCUT2D eigenvalue weighted by Crippen LogP contribution is 2.58. The van der Waals surface area contributed by atoms with Crippen LogP contribution in [0.2, 0.25) is 0 Å². The van der Waals surface area contributed by atoms with Crippen molar-refractivity contribution in [2.75, 3.05) is 0 Å². The molecule has 0 atom stereocenters. The van der Waals surface area contributed by atoms with Crippen LogP contribution in [0.1, 0.15) is 43.0 Å². The van der Waals surface area contributed by atoms with E-state index in [0.717, 1.165) is 29.8 Å². The molecule has 0 aliphatic heterocycles. The van der Waals surface area contributed by atoms with Gasteiger partial charge >= 0.3 is 0 Å². The summed E-state index contributed by atoms with van der Waals surface area (Å²) < 4.78 is 0. The van der Waals surface area contributed by atoms with Crippen molar-refractivity contribution in [3.05, 3.63) is 30.1 Å².